The Hall–Kier alpha value is -0.800. The van der Waals surface area contributed by atoms with E-state index in [0.717, 1.165) is 19.6 Å². The van der Waals surface area contributed by atoms with Gasteiger partial charge in [0.25, 0.3) is 0 Å². The summed E-state index contributed by atoms with van der Waals surface area (Å²) in [4.78, 5) is 5.47. The molecule has 1 aromatic rings. The van der Waals surface area contributed by atoms with Crippen LogP contribution in [0.1, 0.15) is 24.8 Å². The van der Waals surface area contributed by atoms with Gasteiger partial charge in [0, 0.05) is 25.5 Å². The summed E-state index contributed by atoms with van der Waals surface area (Å²) in [6.45, 7) is 2.99. The lowest BCUT2D eigenvalue weighted by atomic mass is 9.68. The number of H-pyrrole nitrogens is 1. The minimum absolute atomic E-state index is 0.422. The fourth-order valence-electron chi connectivity index (χ4n) is 2.50. The molecule has 1 aliphatic carbocycles. The van der Waals surface area contributed by atoms with E-state index in [0.29, 0.717) is 5.41 Å². The third-order valence-electron chi connectivity index (χ3n) is 3.57. The molecule has 0 amide bonds. The van der Waals surface area contributed by atoms with Gasteiger partial charge in [0.05, 0.1) is 0 Å². The van der Waals surface area contributed by atoms with Gasteiger partial charge in [-0.1, -0.05) is 6.42 Å². The van der Waals surface area contributed by atoms with Crippen molar-refractivity contribution in [2.75, 3.05) is 20.1 Å². The van der Waals surface area contributed by atoms with Crippen molar-refractivity contribution in [2.24, 2.45) is 11.1 Å². The van der Waals surface area contributed by atoms with Crippen LogP contribution in [0.2, 0.25) is 0 Å². The van der Waals surface area contributed by atoms with Crippen LogP contribution in [0.4, 0.5) is 0 Å². The van der Waals surface area contributed by atoms with Gasteiger partial charge in [-0.25, -0.2) is 0 Å². The van der Waals surface area contributed by atoms with Crippen molar-refractivity contribution in [3.8, 4) is 0 Å². The standard InChI is InChI=1S/C12H21N3/c1-15(8-11-3-6-14-7-11)10-12(9-13)4-2-5-12/h3,6-7,14H,2,4-5,8-10,13H2,1H3. The molecule has 2 rings (SSSR count). The third kappa shape index (κ3) is 2.41. The second-order valence-corrected chi connectivity index (χ2v) is 4.95. The van der Waals surface area contributed by atoms with Crippen molar-refractivity contribution < 1.29 is 0 Å². The molecule has 0 atom stereocenters. The SMILES string of the molecule is CN(Cc1cc[nH]c1)CC1(CN)CCC1. The average molecular weight is 207 g/mol. The molecule has 0 aromatic carbocycles. The smallest absolute Gasteiger partial charge is 0.0245 e. The zero-order valence-corrected chi connectivity index (χ0v) is 9.50. The van der Waals surface area contributed by atoms with Crippen LogP contribution >= 0.6 is 0 Å². The molecular weight excluding hydrogens is 186 g/mol. The van der Waals surface area contributed by atoms with Crippen molar-refractivity contribution in [3.63, 3.8) is 0 Å². The number of hydrogen-bond donors (Lipinski definition) is 2. The minimum Gasteiger partial charge on any atom is -0.367 e. The lowest BCUT2D eigenvalue weighted by Gasteiger charge is -2.43. The Kier molecular flexibility index (Phi) is 3.12. The second kappa shape index (κ2) is 4.37. The zero-order valence-electron chi connectivity index (χ0n) is 9.50. The van der Waals surface area contributed by atoms with E-state index in [-0.39, 0.29) is 0 Å². The van der Waals surface area contributed by atoms with E-state index in [2.05, 4.69) is 29.2 Å². The summed E-state index contributed by atoms with van der Waals surface area (Å²) in [6.07, 6.45) is 8.01. The van der Waals surface area contributed by atoms with Gasteiger partial charge >= 0.3 is 0 Å². The fourth-order valence-corrected chi connectivity index (χ4v) is 2.50. The summed E-state index contributed by atoms with van der Waals surface area (Å²) < 4.78 is 0. The molecule has 3 N–H and O–H groups in total. The molecule has 3 heteroatoms. The van der Waals surface area contributed by atoms with Crippen LogP contribution in [-0.4, -0.2) is 30.0 Å². The Morgan fingerprint density at radius 3 is 2.80 bits per heavy atom. The quantitative estimate of drug-likeness (QED) is 0.770. The van der Waals surface area contributed by atoms with Crippen LogP contribution < -0.4 is 5.73 Å². The molecule has 3 nitrogen and oxygen atoms in total. The molecule has 0 spiro atoms. The van der Waals surface area contributed by atoms with Gasteiger partial charge in [-0.05, 0) is 43.5 Å². The molecule has 0 saturated heterocycles. The molecule has 1 fully saturated rings. The summed E-state index contributed by atoms with van der Waals surface area (Å²) in [5, 5.41) is 0. The molecule has 1 aromatic heterocycles. The average Bonchev–Trinajstić information content (AvgIpc) is 2.64. The number of hydrogen-bond acceptors (Lipinski definition) is 2. The predicted molar refractivity (Wildman–Crippen MR) is 62.5 cm³/mol. The van der Waals surface area contributed by atoms with Crippen LogP contribution in [0, 0.1) is 5.41 Å². The summed E-state index contributed by atoms with van der Waals surface area (Å²) in [7, 11) is 2.18. The van der Waals surface area contributed by atoms with Gasteiger partial charge < -0.3 is 15.6 Å². The number of aromatic amines is 1. The van der Waals surface area contributed by atoms with Gasteiger partial charge in [0.15, 0.2) is 0 Å². The van der Waals surface area contributed by atoms with Crippen LogP contribution in [0.25, 0.3) is 0 Å². The Bertz CT molecular complexity index is 282. The Morgan fingerprint density at radius 1 is 1.53 bits per heavy atom. The summed E-state index contributed by atoms with van der Waals surface area (Å²) in [5.41, 5.74) is 7.63. The maximum absolute atomic E-state index is 5.86. The largest absolute Gasteiger partial charge is 0.367 e. The molecule has 0 aliphatic heterocycles. The molecule has 0 bridgehead atoms. The van der Waals surface area contributed by atoms with E-state index in [1.807, 2.05) is 6.20 Å². The topological polar surface area (TPSA) is 45.0 Å². The second-order valence-electron chi connectivity index (χ2n) is 4.95. The first-order chi connectivity index (χ1) is 7.24. The first-order valence-corrected chi connectivity index (χ1v) is 5.74. The van der Waals surface area contributed by atoms with E-state index in [1.54, 1.807) is 0 Å². The molecule has 84 valence electrons. The van der Waals surface area contributed by atoms with Crippen molar-refractivity contribution in [2.45, 2.75) is 25.8 Å². The summed E-state index contributed by atoms with van der Waals surface area (Å²) in [5.74, 6) is 0. The molecular formula is C12H21N3. The van der Waals surface area contributed by atoms with Gasteiger partial charge in [0.2, 0.25) is 0 Å². The Morgan fingerprint density at radius 2 is 2.33 bits per heavy atom. The molecule has 0 unspecified atom stereocenters. The van der Waals surface area contributed by atoms with Gasteiger partial charge in [-0.3, -0.25) is 0 Å². The van der Waals surface area contributed by atoms with E-state index >= 15 is 0 Å². The normalized spacial score (nSPS) is 19.1. The van der Waals surface area contributed by atoms with Crippen LogP contribution in [0.3, 0.4) is 0 Å². The van der Waals surface area contributed by atoms with Crippen molar-refractivity contribution in [1.82, 2.24) is 9.88 Å². The summed E-state index contributed by atoms with van der Waals surface area (Å²) >= 11 is 0. The highest BCUT2D eigenvalue weighted by Crippen LogP contribution is 2.40. The lowest BCUT2D eigenvalue weighted by Crippen LogP contribution is -2.45. The first-order valence-electron chi connectivity index (χ1n) is 5.74. The van der Waals surface area contributed by atoms with Gasteiger partial charge in [-0.15, -0.1) is 0 Å². The predicted octanol–water partition coefficient (Wildman–Crippen LogP) is 1.58. The molecule has 1 aliphatic rings. The number of nitrogens with one attached hydrogen (secondary N) is 1. The number of aromatic nitrogens is 1. The van der Waals surface area contributed by atoms with Crippen molar-refractivity contribution in [1.29, 1.82) is 0 Å². The van der Waals surface area contributed by atoms with E-state index in [1.165, 1.54) is 24.8 Å². The number of rotatable bonds is 5. The Balaban J connectivity index is 1.84. The highest BCUT2D eigenvalue weighted by Gasteiger charge is 2.36. The molecule has 1 saturated carbocycles. The van der Waals surface area contributed by atoms with Crippen molar-refractivity contribution >= 4 is 0 Å². The maximum Gasteiger partial charge on any atom is 0.0245 e. The van der Waals surface area contributed by atoms with Crippen LogP contribution in [0.5, 0.6) is 0 Å². The van der Waals surface area contributed by atoms with E-state index < -0.39 is 0 Å². The molecule has 1 heterocycles. The highest BCUT2D eigenvalue weighted by atomic mass is 15.1. The third-order valence-corrected chi connectivity index (χ3v) is 3.57. The minimum atomic E-state index is 0.422. The first kappa shape index (κ1) is 10.7. The van der Waals surface area contributed by atoms with Gasteiger partial charge in [-0.2, -0.15) is 0 Å². The van der Waals surface area contributed by atoms with Crippen LogP contribution in [-0.2, 0) is 6.54 Å². The van der Waals surface area contributed by atoms with E-state index in [9.17, 15) is 0 Å². The maximum atomic E-state index is 5.86. The molecule has 0 radical (unpaired) electrons. The fraction of sp³-hybridized carbons (Fsp3) is 0.667. The monoisotopic (exact) mass is 207 g/mol. The molecule has 15 heavy (non-hydrogen) atoms. The Labute approximate surface area is 91.7 Å². The van der Waals surface area contributed by atoms with Crippen LogP contribution in [0.15, 0.2) is 18.5 Å². The van der Waals surface area contributed by atoms with Crippen molar-refractivity contribution in [3.05, 3.63) is 24.0 Å². The zero-order chi connectivity index (χ0) is 10.7. The lowest BCUT2D eigenvalue weighted by molar-refractivity contribution is 0.0845. The van der Waals surface area contributed by atoms with Gasteiger partial charge in [0.1, 0.15) is 0 Å². The number of nitrogens with zero attached hydrogens (tertiary/aromatic N) is 1. The number of nitrogens with two attached hydrogens (primary N) is 1. The van der Waals surface area contributed by atoms with E-state index in [4.69, 9.17) is 5.73 Å². The highest BCUT2D eigenvalue weighted by molar-refractivity contribution is 5.08. The summed E-state index contributed by atoms with van der Waals surface area (Å²) in [6, 6.07) is 2.13.